The largest absolute Gasteiger partial charge is 0.333 e. The maximum Gasteiger partial charge on any atom is 0.280 e. The summed E-state index contributed by atoms with van der Waals surface area (Å²) in [5, 5.41) is 10.1. The highest BCUT2D eigenvalue weighted by Gasteiger charge is 2.37. The lowest BCUT2D eigenvalue weighted by molar-refractivity contribution is 0.484. The normalized spacial score (nSPS) is 16.5. The number of thiophene rings is 1. The van der Waals surface area contributed by atoms with Gasteiger partial charge in [-0.05, 0) is 42.0 Å². The smallest absolute Gasteiger partial charge is 0.280 e. The van der Waals surface area contributed by atoms with Crippen LogP contribution in [0.4, 0.5) is 5.69 Å². The number of para-hydroxylation sites is 1. The van der Waals surface area contributed by atoms with Gasteiger partial charge < -0.3 is 4.57 Å². The Kier molecular flexibility index (Phi) is 4.85. The number of nitriles is 1. The summed E-state index contributed by atoms with van der Waals surface area (Å²) in [7, 11) is -5.38. The molecule has 2 N–H and O–H groups in total. The average molecular weight is 486 g/mol. The molecule has 0 atom stereocenters. The van der Waals surface area contributed by atoms with Crippen LogP contribution in [-0.4, -0.2) is 34.4 Å². The second-order valence-electron chi connectivity index (χ2n) is 7.51. The minimum atomic E-state index is -3.98. The van der Waals surface area contributed by atoms with E-state index in [0.29, 0.717) is 10.4 Å². The molecule has 32 heavy (non-hydrogen) atoms. The lowest BCUT2D eigenvalue weighted by atomic mass is 10.1. The highest BCUT2D eigenvalue weighted by atomic mass is 32.3. The Morgan fingerprint density at radius 2 is 1.88 bits per heavy atom. The van der Waals surface area contributed by atoms with Crippen LogP contribution in [0.15, 0.2) is 70.6 Å². The van der Waals surface area contributed by atoms with Gasteiger partial charge in [0.2, 0.25) is 0 Å². The van der Waals surface area contributed by atoms with Gasteiger partial charge in [0.25, 0.3) is 10.0 Å². The zero-order valence-electron chi connectivity index (χ0n) is 17.0. The zero-order valence-corrected chi connectivity index (χ0v) is 19.4. The summed E-state index contributed by atoms with van der Waals surface area (Å²) >= 11 is 1.30. The number of benzene rings is 2. The third-order valence-electron chi connectivity index (χ3n) is 5.62. The first kappa shape index (κ1) is 21.1. The van der Waals surface area contributed by atoms with Gasteiger partial charge in [-0.1, -0.05) is 24.3 Å². The third kappa shape index (κ3) is 3.21. The second kappa shape index (κ2) is 7.37. The van der Waals surface area contributed by atoms with Crippen molar-refractivity contribution < 1.29 is 17.5 Å². The Bertz CT molecular complexity index is 1510. The molecular weight excluding hydrogens is 466 g/mol. The van der Waals surface area contributed by atoms with Gasteiger partial charge in [0.05, 0.1) is 22.9 Å². The SMILES string of the molecule is Cn1c(S(=O)(=O)N2CCS(O)(O)c3ccc(-c4ccc(C#N)s4)cc32)cc2ccccc21. The van der Waals surface area contributed by atoms with E-state index < -0.39 is 20.6 Å². The van der Waals surface area contributed by atoms with E-state index in [1.165, 1.54) is 15.6 Å². The molecule has 3 heterocycles. The maximum absolute atomic E-state index is 13.8. The Hall–Kier alpha value is -2.81. The fraction of sp³-hybridized carbons (Fsp3) is 0.136. The van der Waals surface area contributed by atoms with Crippen LogP contribution >= 0.6 is 21.9 Å². The molecule has 0 radical (unpaired) electrons. The zero-order chi connectivity index (χ0) is 22.7. The number of anilines is 1. The lowest BCUT2D eigenvalue weighted by Crippen LogP contribution is -2.39. The number of hydrogen-bond acceptors (Lipinski definition) is 6. The van der Waals surface area contributed by atoms with E-state index in [4.69, 9.17) is 5.26 Å². The molecule has 164 valence electrons. The van der Waals surface area contributed by atoms with Gasteiger partial charge >= 0.3 is 0 Å². The van der Waals surface area contributed by atoms with E-state index in [0.717, 1.165) is 15.8 Å². The summed E-state index contributed by atoms with van der Waals surface area (Å²) in [5.41, 5.74) is 1.76. The van der Waals surface area contributed by atoms with Crippen LogP contribution < -0.4 is 4.31 Å². The van der Waals surface area contributed by atoms with Gasteiger partial charge in [0.1, 0.15) is 10.9 Å². The Labute approximate surface area is 191 Å². The number of fused-ring (bicyclic) bond motifs is 2. The van der Waals surface area contributed by atoms with Crippen LogP contribution in [0.2, 0.25) is 0 Å². The minimum Gasteiger partial charge on any atom is -0.333 e. The molecule has 2 aromatic carbocycles. The van der Waals surface area contributed by atoms with E-state index in [-0.39, 0.29) is 27.9 Å². The molecule has 0 unspecified atom stereocenters. The van der Waals surface area contributed by atoms with Gasteiger partial charge in [-0.25, -0.2) is 0 Å². The van der Waals surface area contributed by atoms with Crippen molar-refractivity contribution in [2.45, 2.75) is 9.92 Å². The van der Waals surface area contributed by atoms with Gasteiger partial charge in [-0.2, -0.15) is 24.3 Å². The summed E-state index contributed by atoms with van der Waals surface area (Å²) in [6.45, 7) is -0.0451. The number of aromatic nitrogens is 1. The predicted molar refractivity (Wildman–Crippen MR) is 128 cm³/mol. The first-order valence-electron chi connectivity index (χ1n) is 9.70. The third-order valence-corrected chi connectivity index (χ3v) is 10.3. The van der Waals surface area contributed by atoms with E-state index >= 15 is 0 Å². The molecule has 2 aromatic heterocycles. The Morgan fingerprint density at radius 1 is 1.09 bits per heavy atom. The van der Waals surface area contributed by atoms with E-state index in [1.54, 1.807) is 48.0 Å². The fourth-order valence-electron chi connectivity index (χ4n) is 4.01. The molecule has 7 nitrogen and oxygen atoms in total. The summed E-state index contributed by atoms with van der Waals surface area (Å²) in [6.07, 6.45) is 0. The van der Waals surface area contributed by atoms with Crippen LogP contribution in [0.1, 0.15) is 4.88 Å². The van der Waals surface area contributed by atoms with Crippen molar-refractivity contribution in [1.82, 2.24) is 4.57 Å². The molecule has 0 saturated carbocycles. The molecule has 0 bridgehead atoms. The summed E-state index contributed by atoms with van der Waals surface area (Å²) in [6, 6.07) is 19.6. The van der Waals surface area contributed by atoms with Crippen LogP contribution in [-0.2, 0) is 17.1 Å². The highest BCUT2D eigenvalue weighted by Crippen LogP contribution is 2.56. The number of rotatable bonds is 3. The average Bonchev–Trinajstić information content (AvgIpc) is 3.39. The van der Waals surface area contributed by atoms with Gasteiger partial charge in [0, 0.05) is 22.8 Å². The van der Waals surface area contributed by atoms with Crippen LogP contribution in [0.5, 0.6) is 0 Å². The first-order valence-corrected chi connectivity index (χ1v) is 13.7. The highest BCUT2D eigenvalue weighted by molar-refractivity contribution is 8.24. The minimum absolute atomic E-state index is 0.0451. The lowest BCUT2D eigenvalue weighted by Gasteiger charge is -2.42. The Morgan fingerprint density at radius 3 is 2.59 bits per heavy atom. The summed E-state index contributed by atoms with van der Waals surface area (Å²) < 4.78 is 51.7. The molecule has 0 aliphatic carbocycles. The van der Waals surface area contributed by atoms with Crippen molar-refractivity contribution in [2.75, 3.05) is 16.6 Å². The summed E-state index contributed by atoms with van der Waals surface area (Å²) in [4.78, 5) is 1.56. The number of sulfonamides is 1. The molecule has 1 aliphatic heterocycles. The first-order chi connectivity index (χ1) is 15.2. The molecule has 0 fully saturated rings. The topological polar surface area (TPSA) is 107 Å². The Balaban J connectivity index is 1.68. The number of aryl methyl sites for hydroxylation is 1. The number of hydrogen-bond donors (Lipinski definition) is 2. The van der Waals surface area contributed by atoms with Gasteiger partial charge in [0.15, 0.2) is 5.03 Å². The van der Waals surface area contributed by atoms with E-state index in [1.807, 2.05) is 24.3 Å². The molecule has 4 aromatic rings. The van der Waals surface area contributed by atoms with E-state index in [2.05, 4.69) is 6.07 Å². The van der Waals surface area contributed by atoms with Crippen molar-refractivity contribution in [3.8, 4) is 16.5 Å². The molecular formula is C22H19N3O4S3. The number of nitrogens with zero attached hydrogens (tertiary/aromatic N) is 3. The predicted octanol–water partition coefficient (Wildman–Crippen LogP) is 5.10. The standard InChI is InChI=1S/C22H19N3O4S3/c1-24-18-5-3-2-4-15(18)13-22(24)32(28,29)25-10-11-31(26,27)21-9-6-16(12-19(21)25)20-8-7-17(14-23)30-20/h2-9,12-13,26-27H,10-11H2,1H3. The monoisotopic (exact) mass is 485 g/mol. The van der Waals surface area contributed by atoms with Crippen LogP contribution in [0.3, 0.4) is 0 Å². The van der Waals surface area contributed by atoms with Crippen molar-refractivity contribution >= 4 is 48.5 Å². The molecule has 0 saturated heterocycles. The fourth-order valence-corrected chi connectivity index (χ4v) is 8.12. The van der Waals surface area contributed by atoms with Crippen molar-refractivity contribution in [3.05, 3.63) is 65.5 Å². The molecule has 5 rings (SSSR count). The molecule has 0 spiro atoms. The quantitative estimate of drug-likeness (QED) is 0.420. The van der Waals surface area contributed by atoms with Crippen molar-refractivity contribution in [3.63, 3.8) is 0 Å². The van der Waals surface area contributed by atoms with E-state index in [9.17, 15) is 17.5 Å². The van der Waals surface area contributed by atoms with Crippen molar-refractivity contribution in [1.29, 1.82) is 5.26 Å². The molecule has 10 heteroatoms. The summed E-state index contributed by atoms with van der Waals surface area (Å²) in [5.74, 6) is -0.0693. The van der Waals surface area contributed by atoms with Gasteiger partial charge in [-0.3, -0.25) is 13.4 Å². The molecule has 0 amide bonds. The molecule has 1 aliphatic rings. The van der Waals surface area contributed by atoms with Gasteiger partial charge in [-0.15, -0.1) is 11.3 Å². The second-order valence-corrected chi connectivity index (χ2v) is 12.6. The van der Waals surface area contributed by atoms with Crippen LogP contribution in [0, 0.1) is 11.3 Å². The van der Waals surface area contributed by atoms with Crippen LogP contribution in [0.25, 0.3) is 21.3 Å². The van der Waals surface area contributed by atoms with Crippen molar-refractivity contribution in [2.24, 2.45) is 7.05 Å². The maximum atomic E-state index is 13.8.